The highest BCUT2D eigenvalue weighted by molar-refractivity contribution is 6.57. The van der Waals surface area contributed by atoms with Gasteiger partial charge in [-0.15, -0.1) is 0 Å². The molecule has 0 aliphatic carbocycles. The van der Waals surface area contributed by atoms with E-state index >= 15 is 8.78 Å². The van der Waals surface area contributed by atoms with Crippen molar-refractivity contribution in [3.63, 3.8) is 0 Å². The monoisotopic (exact) mass is 533 g/mol. The number of carbonyl (C=O) groups excluding carboxylic acids is 4. The van der Waals surface area contributed by atoms with Gasteiger partial charge in [-0.3, -0.25) is 24.5 Å². The summed E-state index contributed by atoms with van der Waals surface area (Å²) >= 11 is 5.83. The van der Waals surface area contributed by atoms with Gasteiger partial charge in [0.15, 0.2) is 0 Å². The van der Waals surface area contributed by atoms with Gasteiger partial charge in [-0.25, -0.2) is 0 Å². The van der Waals surface area contributed by atoms with Crippen LogP contribution in [0.15, 0.2) is 24.3 Å². The standard InChI is InChI=1S/C22H24B6ClF2N3O4/c23-15-10-7-33(11-5-6-12(35)32-18(11)36)19(37)13(10)16(24)17(25)14(15)22(26,27)34(28)20(38)21(30,31)8-1-3-9(29)4-2-8/h1-4,11H,5-7,23-28H2,(H,32,35,36). The van der Waals surface area contributed by atoms with E-state index in [1.807, 2.05) is 0 Å². The van der Waals surface area contributed by atoms with E-state index in [-0.39, 0.29) is 36.2 Å². The molecule has 4 rings (SSSR count). The normalized spacial score (nSPS) is 17.8. The molecule has 1 unspecified atom stereocenters. The van der Waals surface area contributed by atoms with Crippen molar-refractivity contribution in [3.8, 4) is 0 Å². The van der Waals surface area contributed by atoms with E-state index in [2.05, 4.69) is 5.32 Å². The maximum absolute atomic E-state index is 15.3. The van der Waals surface area contributed by atoms with Crippen LogP contribution in [0.4, 0.5) is 8.78 Å². The third-order valence-electron chi connectivity index (χ3n) is 8.06. The average molecular weight is 533 g/mol. The molecule has 38 heavy (non-hydrogen) atoms. The second-order valence-corrected chi connectivity index (χ2v) is 10.9. The van der Waals surface area contributed by atoms with Crippen molar-refractivity contribution in [2.75, 3.05) is 0 Å². The Morgan fingerprint density at radius 1 is 1.05 bits per heavy atom. The second-order valence-electron chi connectivity index (χ2n) is 10.5. The number of benzene rings is 2. The number of halogens is 3. The van der Waals surface area contributed by atoms with Crippen molar-refractivity contribution in [1.82, 2.24) is 15.0 Å². The minimum absolute atomic E-state index is 0.139. The Morgan fingerprint density at radius 3 is 2.24 bits per heavy atom. The van der Waals surface area contributed by atoms with E-state index in [0.29, 0.717) is 33.1 Å². The summed E-state index contributed by atoms with van der Waals surface area (Å²) in [4.78, 5) is 53.3. The zero-order valence-corrected chi connectivity index (χ0v) is 22.9. The van der Waals surface area contributed by atoms with Gasteiger partial charge < -0.3 is 9.71 Å². The summed E-state index contributed by atoms with van der Waals surface area (Å²) in [5.41, 5.74) is 3.44. The predicted octanol–water partition coefficient (Wildman–Crippen LogP) is -5.58. The van der Waals surface area contributed by atoms with Gasteiger partial charge in [0.05, 0.1) is 0 Å². The first-order valence-corrected chi connectivity index (χ1v) is 12.7. The van der Waals surface area contributed by atoms with Gasteiger partial charge >= 0.3 is 5.92 Å². The number of hydrogen-bond acceptors (Lipinski definition) is 4. The van der Waals surface area contributed by atoms with E-state index in [1.165, 1.54) is 25.0 Å². The van der Waals surface area contributed by atoms with Crippen LogP contribution in [0, 0.1) is 0 Å². The van der Waals surface area contributed by atoms with Crippen molar-refractivity contribution in [2.45, 2.75) is 36.7 Å². The molecule has 2 aromatic carbocycles. The molecule has 1 saturated heterocycles. The lowest BCUT2D eigenvalue weighted by atomic mass is 9.49. The van der Waals surface area contributed by atoms with Crippen molar-refractivity contribution in [2.24, 2.45) is 0 Å². The minimum Gasteiger partial charge on any atom is -0.393 e. The van der Waals surface area contributed by atoms with Crippen molar-refractivity contribution in [1.29, 1.82) is 0 Å². The molecule has 7 nitrogen and oxygen atoms in total. The molecule has 0 radical (unpaired) electrons. The predicted molar refractivity (Wildman–Crippen MR) is 157 cm³/mol. The lowest BCUT2D eigenvalue weighted by Gasteiger charge is -2.42. The fourth-order valence-corrected chi connectivity index (χ4v) is 5.78. The minimum atomic E-state index is -3.79. The molecule has 2 heterocycles. The molecule has 0 aromatic heterocycles. The van der Waals surface area contributed by atoms with Crippen LogP contribution in [0.25, 0.3) is 0 Å². The summed E-state index contributed by atoms with van der Waals surface area (Å²) in [5.74, 6) is -6.34. The van der Waals surface area contributed by atoms with E-state index in [0.717, 1.165) is 16.9 Å². The number of carbonyl (C=O) groups is 4. The molecule has 4 amide bonds. The third kappa shape index (κ3) is 4.38. The molecule has 2 aliphatic rings. The average Bonchev–Trinajstić information content (AvgIpc) is 3.19. The zero-order chi connectivity index (χ0) is 28.3. The molecule has 0 bridgehead atoms. The number of fused-ring (bicyclic) bond motifs is 1. The highest BCUT2D eigenvalue weighted by Crippen LogP contribution is 2.34. The number of rotatable bonds is 5. The van der Waals surface area contributed by atoms with Crippen LogP contribution in [-0.4, -0.2) is 86.6 Å². The molecule has 16 heteroatoms. The summed E-state index contributed by atoms with van der Waals surface area (Å²) in [6, 6.07) is 4.11. The molecule has 190 valence electrons. The molecule has 0 saturated carbocycles. The summed E-state index contributed by atoms with van der Waals surface area (Å²) < 4.78 is 30.6. The highest BCUT2D eigenvalue weighted by Gasteiger charge is 2.48. The topological polar surface area (TPSA) is 86.8 Å². The number of hydrogen-bond donors (Lipinski definition) is 1. The lowest BCUT2D eigenvalue weighted by molar-refractivity contribution is -0.155. The quantitative estimate of drug-likeness (QED) is 0.308. The van der Waals surface area contributed by atoms with Gasteiger partial charge in [0.1, 0.15) is 45.3 Å². The third-order valence-corrected chi connectivity index (χ3v) is 8.31. The van der Waals surface area contributed by atoms with Crippen LogP contribution in [0.3, 0.4) is 0 Å². The van der Waals surface area contributed by atoms with E-state index in [1.54, 1.807) is 39.2 Å². The van der Waals surface area contributed by atoms with Crippen LogP contribution >= 0.6 is 11.6 Å². The Kier molecular flexibility index (Phi) is 7.14. The van der Waals surface area contributed by atoms with Crippen LogP contribution in [0.5, 0.6) is 0 Å². The smallest absolute Gasteiger partial charge is 0.348 e. The van der Waals surface area contributed by atoms with Gasteiger partial charge in [0.2, 0.25) is 19.8 Å². The van der Waals surface area contributed by atoms with Crippen molar-refractivity contribution < 1.29 is 28.0 Å². The van der Waals surface area contributed by atoms with Crippen LogP contribution < -0.4 is 21.7 Å². The van der Waals surface area contributed by atoms with Crippen LogP contribution in [0.1, 0.15) is 39.9 Å². The Bertz CT molecular complexity index is 1390. The van der Waals surface area contributed by atoms with Crippen LogP contribution in [-0.2, 0) is 32.2 Å². The molecular formula is C22H24B6ClF2N3O4. The molecule has 1 N–H and O–H groups in total. The summed E-state index contributed by atoms with van der Waals surface area (Å²) in [6.45, 7) is 0.148. The molecule has 1 atom stereocenters. The molecule has 2 aliphatic heterocycles. The van der Waals surface area contributed by atoms with Gasteiger partial charge in [0.25, 0.3) is 11.8 Å². The van der Waals surface area contributed by atoms with Crippen molar-refractivity contribution >= 4 is 98.8 Å². The first-order chi connectivity index (χ1) is 17.6. The largest absolute Gasteiger partial charge is 0.393 e. The first kappa shape index (κ1) is 28.1. The van der Waals surface area contributed by atoms with Crippen molar-refractivity contribution in [3.05, 3.63) is 51.5 Å². The number of piperidine rings is 1. The van der Waals surface area contributed by atoms with Gasteiger partial charge in [-0.1, -0.05) is 45.7 Å². The fourth-order valence-electron chi connectivity index (χ4n) is 5.66. The Morgan fingerprint density at radius 2 is 1.66 bits per heavy atom. The lowest BCUT2D eigenvalue weighted by Crippen LogP contribution is -2.59. The van der Waals surface area contributed by atoms with E-state index in [9.17, 15) is 19.2 Å². The molecule has 1 fully saturated rings. The number of nitrogens with one attached hydrogen (secondary N) is 1. The number of alkyl halides is 2. The van der Waals surface area contributed by atoms with Gasteiger partial charge in [-0.05, 0) is 29.5 Å². The van der Waals surface area contributed by atoms with E-state index in [4.69, 9.17) is 11.6 Å². The highest BCUT2D eigenvalue weighted by atomic mass is 35.5. The maximum atomic E-state index is 15.3. The SMILES string of the molecule is Bc1c(B)c(C(B)(B)N(B)C(=O)C(F)(F)c2ccc(Cl)cc2)c(B)c2c1C(=O)N(C1CCC(=O)NC1=O)C2. The summed E-state index contributed by atoms with van der Waals surface area (Å²) in [5, 5.41) is 1.40. The molecule has 0 spiro atoms. The Balaban J connectivity index is 1.73. The fraction of sp³-hybridized carbons (Fsp3) is 0.273. The number of amides is 4. The number of imide groups is 1. The first-order valence-electron chi connectivity index (χ1n) is 12.3. The molecule has 2 aromatic rings. The van der Waals surface area contributed by atoms with Gasteiger partial charge in [0, 0.05) is 29.1 Å². The second kappa shape index (κ2) is 9.67. The van der Waals surface area contributed by atoms with E-state index < -0.39 is 34.7 Å². The number of nitrogens with zero attached hydrogens (tertiary/aromatic N) is 2. The maximum Gasteiger partial charge on any atom is 0.348 e. The zero-order valence-electron chi connectivity index (χ0n) is 22.2. The van der Waals surface area contributed by atoms with Crippen LogP contribution in [0.2, 0.25) is 5.02 Å². The summed E-state index contributed by atoms with van der Waals surface area (Å²) in [6.07, 6.45) is 0.372. The molecular weight excluding hydrogens is 509 g/mol. The Hall–Kier alpha value is -2.94. The van der Waals surface area contributed by atoms with Gasteiger partial charge in [-0.2, -0.15) is 8.78 Å². The Labute approximate surface area is 229 Å². The summed E-state index contributed by atoms with van der Waals surface area (Å²) in [7, 11) is 10.1.